The smallest absolute Gasteiger partial charge is 0.157 e. The molecule has 0 amide bonds. The summed E-state index contributed by atoms with van der Waals surface area (Å²) in [6.45, 7) is 11.6. The molecule has 19 heavy (non-hydrogen) atoms. The van der Waals surface area contributed by atoms with Gasteiger partial charge in [0.2, 0.25) is 0 Å². The van der Waals surface area contributed by atoms with Gasteiger partial charge in [-0.15, -0.1) is 0 Å². The fourth-order valence-electron chi connectivity index (χ4n) is 2.47. The highest BCUT2D eigenvalue weighted by Crippen LogP contribution is 2.26. The molecule has 1 aliphatic rings. The molecule has 0 radical (unpaired) electrons. The molecule has 4 nitrogen and oxygen atoms in total. The maximum atomic E-state index is 12.5. The van der Waals surface area contributed by atoms with Crippen LogP contribution in [0.4, 0.5) is 0 Å². The van der Waals surface area contributed by atoms with Crippen molar-refractivity contribution in [2.45, 2.75) is 64.9 Å². The van der Waals surface area contributed by atoms with E-state index in [0.29, 0.717) is 13.0 Å². The zero-order valence-electron chi connectivity index (χ0n) is 12.9. The molecule has 1 aliphatic heterocycles. The first-order valence-corrected chi connectivity index (χ1v) is 8.96. The van der Waals surface area contributed by atoms with Crippen molar-refractivity contribution in [3.8, 4) is 0 Å². The van der Waals surface area contributed by atoms with Crippen LogP contribution in [0.3, 0.4) is 0 Å². The van der Waals surface area contributed by atoms with Gasteiger partial charge in [-0.3, -0.25) is 0 Å². The number of hydrogen-bond donors (Lipinski definition) is 1. The Labute approximate surface area is 118 Å². The van der Waals surface area contributed by atoms with Gasteiger partial charge in [-0.2, -0.15) is 0 Å². The molecular formula is C14H29NO3S. The second kappa shape index (κ2) is 6.55. The van der Waals surface area contributed by atoms with Crippen LogP contribution in [-0.2, 0) is 14.6 Å². The minimum Gasteiger partial charge on any atom is -0.377 e. The third-order valence-electron chi connectivity index (χ3n) is 3.85. The zero-order chi connectivity index (χ0) is 14.7. The van der Waals surface area contributed by atoms with Crippen LogP contribution in [0.2, 0.25) is 0 Å². The summed E-state index contributed by atoms with van der Waals surface area (Å²) in [6, 6.07) is -0.00903. The predicted molar refractivity (Wildman–Crippen MR) is 79.1 cm³/mol. The lowest BCUT2D eigenvalue weighted by atomic mass is 9.88. The molecule has 0 aromatic carbocycles. The molecule has 0 bridgehead atoms. The maximum absolute atomic E-state index is 12.5. The molecular weight excluding hydrogens is 262 g/mol. The van der Waals surface area contributed by atoms with Crippen molar-refractivity contribution >= 4 is 9.84 Å². The first kappa shape index (κ1) is 16.9. The number of sulfone groups is 1. The molecule has 3 atom stereocenters. The molecule has 1 rings (SSSR count). The topological polar surface area (TPSA) is 55.4 Å². The fraction of sp³-hybridized carbons (Fsp3) is 1.00. The van der Waals surface area contributed by atoms with Crippen LogP contribution in [0, 0.1) is 5.41 Å². The van der Waals surface area contributed by atoms with E-state index in [2.05, 4.69) is 33.0 Å². The van der Waals surface area contributed by atoms with Crippen LogP contribution < -0.4 is 5.32 Å². The van der Waals surface area contributed by atoms with E-state index in [1.807, 2.05) is 6.92 Å². The average molecular weight is 291 g/mol. The predicted octanol–water partition coefficient (Wildman–Crippen LogP) is 1.99. The lowest BCUT2D eigenvalue weighted by molar-refractivity contribution is 0.126. The van der Waals surface area contributed by atoms with Crippen molar-refractivity contribution in [1.29, 1.82) is 0 Å². The zero-order valence-corrected chi connectivity index (χ0v) is 13.7. The van der Waals surface area contributed by atoms with Gasteiger partial charge in [-0.25, -0.2) is 8.42 Å². The van der Waals surface area contributed by atoms with Crippen molar-refractivity contribution in [1.82, 2.24) is 5.32 Å². The molecule has 3 unspecified atom stereocenters. The fourth-order valence-corrected chi connectivity index (χ4v) is 4.92. The molecule has 1 N–H and O–H groups in total. The average Bonchev–Trinajstić information content (AvgIpc) is 2.69. The second-order valence-electron chi connectivity index (χ2n) is 6.61. The molecule has 1 saturated heterocycles. The molecule has 5 heteroatoms. The SMILES string of the molecule is CCCNC(CS(=O)(=O)C1CCOC1C)C(C)(C)C. The Balaban J connectivity index is 2.77. The summed E-state index contributed by atoms with van der Waals surface area (Å²) in [6.07, 6.45) is 1.47. The quantitative estimate of drug-likeness (QED) is 0.813. The second-order valence-corrected chi connectivity index (χ2v) is 8.87. The van der Waals surface area contributed by atoms with Crippen molar-refractivity contribution in [2.24, 2.45) is 5.41 Å². The molecule has 0 saturated carbocycles. The minimum atomic E-state index is -3.11. The van der Waals surface area contributed by atoms with Crippen molar-refractivity contribution in [2.75, 3.05) is 18.9 Å². The molecule has 114 valence electrons. The lowest BCUT2D eigenvalue weighted by Gasteiger charge is -2.32. The number of rotatable bonds is 6. The third kappa shape index (κ3) is 4.72. The Morgan fingerprint density at radius 2 is 2.00 bits per heavy atom. The van der Waals surface area contributed by atoms with Crippen molar-refractivity contribution in [3.05, 3.63) is 0 Å². The largest absolute Gasteiger partial charge is 0.377 e. The summed E-state index contributed by atoms with van der Waals surface area (Å²) >= 11 is 0. The van der Waals surface area contributed by atoms with Gasteiger partial charge >= 0.3 is 0 Å². The van der Waals surface area contributed by atoms with E-state index in [9.17, 15) is 8.42 Å². The van der Waals surface area contributed by atoms with Gasteiger partial charge in [0.15, 0.2) is 9.84 Å². The highest BCUT2D eigenvalue weighted by atomic mass is 32.2. The Morgan fingerprint density at radius 3 is 2.42 bits per heavy atom. The molecule has 0 aromatic rings. The third-order valence-corrected chi connectivity index (χ3v) is 6.19. The molecule has 0 spiro atoms. The monoisotopic (exact) mass is 291 g/mol. The van der Waals surface area contributed by atoms with Gasteiger partial charge in [-0.1, -0.05) is 27.7 Å². The van der Waals surface area contributed by atoms with Gasteiger partial charge in [0, 0.05) is 12.6 Å². The Morgan fingerprint density at radius 1 is 1.37 bits per heavy atom. The molecule has 0 aliphatic carbocycles. The standard InChI is InChI=1S/C14H29NO3S/c1-6-8-15-13(14(3,4)5)10-19(16,17)12-7-9-18-11(12)2/h11-13,15H,6-10H2,1-5H3. The summed E-state index contributed by atoms with van der Waals surface area (Å²) < 4.78 is 30.5. The van der Waals surface area contributed by atoms with Crippen LogP contribution in [0.5, 0.6) is 0 Å². The van der Waals surface area contributed by atoms with Gasteiger partial charge in [-0.05, 0) is 31.7 Å². The van der Waals surface area contributed by atoms with E-state index in [1.165, 1.54) is 0 Å². The molecule has 1 heterocycles. The number of hydrogen-bond acceptors (Lipinski definition) is 4. The van der Waals surface area contributed by atoms with Crippen molar-refractivity contribution < 1.29 is 13.2 Å². The van der Waals surface area contributed by atoms with Crippen LogP contribution in [0.25, 0.3) is 0 Å². The normalized spacial score (nSPS) is 26.6. The van der Waals surface area contributed by atoms with Crippen LogP contribution in [0.15, 0.2) is 0 Å². The Hall–Kier alpha value is -0.130. The first-order chi connectivity index (χ1) is 8.68. The van der Waals surface area contributed by atoms with E-state index in [0.717, 1.165) is 13.0 Å². The van der Waals surface area contributed by atoms with E-state index >= 15 is 0 Å². The number of nitrogens with one attached hydrogen (secondary N) is 1. The Bertz CT molecular complexity index is 373. The molecule has 1 fully saturated rings. The van der Waals surface area contributed by atoms with Gasteiger partial charge in [0.05, 0.1) is 17.1 Å². The maximum Gasteiger partial charge on any atom is 0.157 e. The van der Waals surface area contributed by atoms with E-state index in [1.54, 1.807) is 0 Å². The van der Waals surface area contributed by atoms with Crippen LogP contribution in [-0.4, -0.2) is 44.7 Å². The lowest BCUT2D eigenvalue weighted by Crippen LogP contribution is -2.48. The minimum absolute atomic E-state index is 0.00903. The summed E-state index contributed by atoms with van der Waals surface area (Å²) in [5, 5.41) is 3.05. The summed E-state index contributed by atoms with van der Waals surface area (Å²) in [5.74, 6) is 0.203. The van der Waals surface area contributed by atoms with Gasteiger partial charge in [0.1, 0.15) is 0 Å². The van der Waals surface area contributed by atoms with Crippen LogP contribution in [0.1, 0.15) is 47.5 Å². The molecule has 0 aromatic heterocycles. The van der Waals surface area contributed by atoms with E-state index in [-0.39, 0.29) is 28.6 Å². The van der Waals surface area contributed by atoms with E-state index in [4.69, 9.17) is 4.74 Å². The summed E-state index contributed by atoms with van der Waals surface area (Å²) in [5.41, 5.74) is -0.0645. The van der Waals surface area contributed by atoms with E-state index < -0.39 is 9.84 Å². The van der Waals surface area contributed by atoms with Crippen molar-refractivity contribution in [3.63, 3.8) is 0 Å². The summed E-state index contributed by atoms with van der Waals surface area (Å²) in [4.78, 5) is 0. The highest BCUT2D eigenvalue weighted by molar-refractivity contribution is 7.92. The number of ether oxygens (including phenoxy) is 1. The highest BCUT2D eigenvalue weighted by Gasteiger charge is 2.39. The summed E-state index contributed by atoms with van der Waals surface area (Å²) in [7, 11) is -3.11. The Kier molecular flexibility index (Phi) is 5.83. The van der Waals surface area contributed by atoms with Gasteiger partial charge in [0.25, 0.3) is 0 Å². The first-order valence-electron chi connectivity index (χ1n) is 7.25. The van der Waals surface area contributed by atoms with Crippen LogP contribution >= 0.6 is 0 Å². The van der Waals surface area contributed by atoms with Gasteiger partial charge < -0.3 is 10.1 Å².